The first-order valence-electron chi connectivity index (χ1n) is 12.1. The first-order valence-corrected chi connectivity index (χ1v) is 12.1. The number of aromatic nitrogens is 3. The van der Waals surface area contributed by atoms with Crippen molar-refractivity contribution in [2.24, 2.45) is 4.99 Å². The predicted molar refractivity (Wildman–Crippen MR) is 140 cm³/mol. The minimum atomic E-state index is -0.681. The summed E-state index contributed by atoms with van der Waals surface area (Å²) in [7, 11) is 0. The molecule has 0 spiro atoms. The van der Waals surface area contributed by atoms with Gasteiger partial charge in [-0.25, -0.2) is 9.78 Å². The van der Waals surface area contributed by atoms with Gasteiger partial charge < -0.3 is 14.0 Å². The highest BCUT2D eigenvalue weighted by atomic mass is 16.5. The molecule has 0 unspecified atom stereocenters. The molecule has 1 aromatic carbocycles. The first kappa shape index (κ1) is 25.7. The lowest BCUT2D eigenvalue weighted by Crippen LogP contribution is -2.33. The van der Waals surface area contributed by atoms with Gasteiger partial charge in [0.15, 0.2) is 5.49 Å². The molecule has 0 saturated carbocycles. The molecule has 3 aromatic heterocycles. The van der Waals surface area contributed by atoms with E-state index in [-0.39, 0.29) is 28.6 Å². The molecular weight excluding hydrogens is 472 g/mol. The van der Waals surface area contributed by atoms with Crippen LogP contribution in [-0.2, 0) is 20.8 Å². The lowest BCUT2D eigenvalue weighted by Gasteiger charge is -2.15. The molecule has 4 aromatic rings. The lowest BCUT2D eigenvalue weighted by molar-refractivity contribution is -0.113. The largest absolute Gasteiger partial charge is 0.462 e. The van der Waals surface area contributed by atoms with Crippen molar-refractivity contribution in [1.82, 2.24) is 14.0 Å². The summed E-state index contributed by atoms with van der Waals surface area (Å²) in [6, 6.07) is 16.0. The van der Waals surface area contributed by atoms with Crippen LogP contribution in [0.1, 0.15) is 36.2 Å². The molecule has 4 rings (SSSR count). The van der Waals surface area contributed by atoms with Crippen LogP contribution in [-0.4, -0.2) is 45.6 Å². The van der Waals surface area contributed by atoms with E-state index in [4.69, 9.17) is 9.47 Å². The second kappa shape index (κ2) is 12.0. The highest BCUT2D eigenvalue weighted by Crippen LogP contribution is 2.12. The van der Waals surface area contributed by atoms with Crippen molar-refractivity contribution < 1.29 is 19.1 Å². The second-order valence-electron chi connectivity index (χ2n) is 8.08. The Morgan fingerprint density at radius 2 is 1.84 bits per heavy atom. The molecule has 0 bridgehead atoms. The van der Waals surface area contributed by atoms with Crippen LogP contribution in [0.15, 0.2) is 76.7 Å². The van der Waals surface area contributed by atoms with Gasteiger partial charge in [0.05, 0.1) is 12.0 Å². The Bertz CT molecular complexity index is 1590. The van der Waals surface area contributed by atoms with Crippen LogP contribution >= 0.6 is 0 Å². The predicted octanol–water partition coefficient (Wildman–Crippen LogP) is 3.39. The van der Waals surface area contributed by atoms with Crippen molar-refractivity contribution in [2.75, 3.05) is 19.8 Å². The normalized spacial score (nSPS) is 12.0. The average Bonchev–Trinajstić information content (AvgIpc) is 2.91. The number of rotatable bonds is 9. The fourth-order valence-electron chi connectivity index (χ4n) is 3.91. The SMILES string of the molecule is CCOCCCn1c(=NC(=O)/C=C\c2ccccc2)c(C(=O)OCC)cc2c(=O)n3ccccc3nc21. The summed E-state index contributed by atoms with van der Waals surface area (Å²) in [6.07, 6.45) is 5.15. The number of ether oxygens (including phenoxy) is 2. The molecule has 0 aliphatic heterocycles. The topological polar surface area (TPSA) is 104 Å². The summed E-state index contributed by atoms with van der Waals surface area (Å²) in [4.78, 5) is 48.3. The van der Waals surface area contributed by atoms with E-state index >= 15 is 0 Å². The van der Waals surface area contributed by atoms with Gasteiger partial charge in [-0.2, -0.15) is 4.99 Å². The second-order valence-corrected chi connectivity index (χ2v) is 8.08. The molecule has 9 heteroatoms. The smallest absolute Gasteiger partial charge is 0.341 e. The van der Waals surface area contributed by atoms with E-state index in [9.17, 15) is 14.4 Å². The lowest BCUT2D eigenvalue weighted by atomic mass is 10.2. The van der Waals surface area contributed by atoms with E-state index in [1.54, 1.807) is 42.0 Å². The maximum Gasteiger partial charge on any atom is 0.341 e. The van der Waals surface area contributed by atoms with Crippen molar-refractivity contribution in [2.45, 2.75) is 26.8 Å². The van der Waals surface area contributed by atoms with Gasteiger partial charge in [-0.15, -0.1) is 0 Å². The number of hydrogen-bond acceptors (Lipinski definition) is 6. The van der Waals surface area contributed by atoms with Crippen LogP contribution in [0.4, 0.5) is 0 Å². The van der Waals surface area contributed by atoms with Crippen molar-refractivity contribution in [3.8, 4) is 0 Å². The number of fused-ring (bicyclic) bond motifs is 2. The zero-order valence-electron chi connectivity index (χ0n) is 20.8. The standard InChI is InChI=1S/C28H28N4O5/c1-3-36-18-10-17-32-25-21(27(34)31-16-9-8-13-23(31)29-25)19-22(28(35)37-4-2)26(32)30-24(33)15-14-20-11-6-5-7-12-20/h5-9,11-16,19H,3-4,10,17-18H2,1-2H3/b15-14-,30-26?. The zero-order valence-corrected chi connectivity index (χ0v) is 20.8. The van der Waals surface area contributed by atoms with Gasteiger partial charge in [0, 0.05) is 32.0 Å². The zero-order chi connectivity index (χ0) is 26.2. The molecule has 0 aliphatic carbocycles. The number of esters is 1. The van der Waals surface area contributed by atoms with Gasteiger partial charge in [0.1, 0.15) is 16.9 Å². The Morgan fingerprint density at radius 1 is 1.05 bits per heavy atom. The molecule has 37 heavy (non-hydrogen) atoms. The molecule has 0 radical (unpaired) electrons. The monoisotopic (exact) mass is 500 g/mol. The summed E-state index contributed by atoms with van der Waals surface area (Å²) in [5.74, 6) is -1.25. The summed E-state index contributed by atoms with van der Waals surface area (Å²) in [5.41, 5.74) is 1.34. The van der Waals surface area contributed by atoms with Gasteiger partial charge in [-0.3, -0.25) is 14.0 Å². The summed E-state index contributed by atoms with van der Waals surface area (Å²) in [5, 5.41) is 0.217. The van der Waals surface area contributed by atoms with Crippen LogP contribution in [0, 0.1) is 0 Å². The van der Waals surface area contributed by atoms with Crippen LogP contribution < -0.4 is 11.0 Å². The molecule has 0 N–H and O–H groups in total. The van der Waals surface area contributed by atoms with E-state index < -0.39 is 11.9 Å². The van der Waals surface area contributed by atoms with Gasteiger partial charge in [0.2, 0.25) is 0 Å². The third-order valence-electron chi connectivity index (χ3n) is 5.59. The Morgan fingerprint density at radius 3 is 2.59 bits per heavy atom. The van der Waals surface area contributed by atoms with Gasteiger partial charge in [0.25, 0.3) is 11.5 Å². The Hall–Kier alpha value is -4.37. The van der Waals surface area contributed by atoms with E-state index in [1.807, 2.05) is 37.3 Å². The molecule has 0 saturated heterocycles. The quantitative estimate of drug-likeness (QED) is 0.151. The summed E-state index contributed by atoms with van der Waals surface area (Å²) < 4.78 is 13.8. The third-order valence-corrected chi connectivity index (χ3v) is 5.59. The number of pyridine rings is 2. The number of aryl methyl sites for hydroxylation is 1. The van der Waals surface area contributed by atoms with Gasteiger partial charge in [-0.05, 0) is 50.1 Å². The van der Waals surface area contributed by atoms with Crippen molar-refractivity contribution >= 4 is 34.6 Å². The fraction of sp³-hybridized carbons (Fsp3) is 0.250. The number of hydrogen-bond donors (Lipinski definition) is 0. The van der Waals surface area contributed by atoms with Crippen molar-refractivity contribution in [3.05, 3.63) is 93.8 Å². The molecule has 190 valence electrons. The van der Waals surface area contributed by atoms with E-state index in [2.05, 4.69) is 9.98 Å². The molecule has 3 heterocycles. The highest BCUT2D eigenvalue weighted by Gasteiger charge is 2.19. The number of nitrogens with zero attached hydrogens (tertiary/aromatic N) is 4. The maximum absolute atomic E-state index is 13.4. The van der Waals surface area contributed by atoms with Gasteiger partial charge >= 0.3 is 5.97 Å². The number of carbonyl (C=O) groups excluding carboxylic acids is 2. The highest BCUT2D eigenvalue weighted by molar-refractivity contribution is 5.95. The summed E-state index contributed by atoms with van der Waals surface area (Å²) >= 11 is 0. The maximum atomic E-state index is 13.4. The van der Waals surface area contributed by atoms with E-state index in [0.717, 1.165) is 5.56 Å². The molecular formula is C28H28N4O5. The van der Waals surface area contributed by atoms with Crippen LogP contribution in [0.3, 0.4) is 0 Å². The Labute approximate surface area is 213 Å². The minimum Gasteiger partial charge on any atom is -0.462 e. The Balaban J connectivity index is 1.97. The average molecular weight is 501 g/mol. The fourth-order valence-corrected chi connectivity index (χ4v) is 3.91. The minimum absolute atomic E-state index is 0.0157. The Kier molecular flexibility index (Phi) is 8.37. The van der Waals surface area contributed by atoms with Crippen molar-refractivity contribution in [3.63, 3.8) is 0 Å². The molecule has 0 aliphatic rings. The van der Waals surface area contributed by atoms with Crippen LogP contribution in [0.5, 0.6) is 0 Å². The number of amides is 1. The van der Waals surface area contributed by atoms with E-state index in [1.165, 1.54) is 16.5 Å². The summed E-state index contributed by atoms with van der Waals surface area (Å²) in [6.45, 7) is 5.02. The molecule has 9 nitrogen and oxygen atoms in total. The van der Waals surface area contributed by atoms with E-state index in [0.29, 0.717) is 37.5 Å². The molecule has 0 atom stereocenters. The van der Waals surface area contributed by atoms with Crippen LogP contribution in [0.25, 0.3) is 22.8 Å². The van der Waals surface area contributed by atoms with Crippen LogP contribution in [0.2, 0.25) is 0 Å². The number of benzene rings is 1. The third kappa shape index (κ3) is 5.90. The first-order chi connectivity index (χ1) is 18.0. The molecule has 1 amide bonds. The molecule has 0 fully saturated rings. The van der Waals surface area contributed by atoms with Crippen molar-refractivity contribution in [1.29, 1.82) is 0 Å². The van der Waals surface area contributed by atoms with Gasteiger partial charge in [-0.1, -0.05) is 36.4 Å². The number of carbonyl (C=O) groups is 2.